The van der Waals surface area contributed by atoms with Crippen LogP contribution in [0.2, 0.25) is 0 Å². The first-order valence-corrected chi connectivity index (χ1v) is 7.72. The van der Waals surface area contributed by atoms with Crippen LogP contribution < -0.4 is 0 Å². The summed E-state index contributed by atoms with van der Waals surface area (Å²) in [5.41, 5.74) is 0.662. The Hall–Kier alpha value is -3.92. The van der Waals surface area contributed by atoms with Gasteiger partial charge in [0.05, 0.1) is 23.8 Å². The van der Waals surface area contributed by atoms with Crippen LogP contribution in [0.4, 0.5) is 0 Å². The third kappa shape index (κ3) is 12.1. The molecule has 2 aromatic rings. The molecule has 0 atom stereocenters. The molecule has 27 heavy (non-hydrogen) atoms. The van der Waals surface area contributed by atoms with Crippen LogP contribution in [0.5, 0.6) is 0 Å². The van der Waals surface area contributed by atoms with Crippen LogP contribution in [0.3, 0.4) is 0 Å². The molecule has 0 fully saturated rings. The van der Waals surface area contributed by atoms with Gasteiger partial charge in [-0.2, -0.15) is 5.26 Å². The molecule has 0 heterocycles. The average Bonchev–Trinajstić information content (AvgIpc) is 2.69. The van der Waals surface area contributed by atoms with Crippen molar-refractivity contribution in [2.45, 2.75) is 6.92 Å². The minimum atomic E-state index is -0.879. The van der Waals surface area contributed by atoms with E-state index in [4.69, 9.17) is 15.5 Å². The predicted octanol–water partition coefficient (Wildman–Crippen LogP) is 3.40. The molecule has 0 aliphatic carbocycles. The van der Waals surface area contributed by atoms with Gasteiger partial charge in [-0.15, -0.1) is 0 Å². The standard InChI is InChI=1S/2C7H6O2.C6H7NO2/c2*8-7(9)6-4-2-1-3-5-6;1-2-9-6(8)4-3-5-7/h2*1-5H,(H,8,9);3-4H,2H2,1H3. The molecule has 7 heteroatoms. The molecule has 0 saturated carbocycles. The van der Waals surface area contributed by atoms with Crippen molar-refractivity contribution in [3.05, 3.63) is 83.9 Å². The molecule has 2 rings (SSSR count). The number of hydrogen-bond donors (Lipinski definition) is 2. The number of carboxylic acids is 2. The lowest BCUT2D eigenvalue weighted by Crippen LogP contribution is -1.98. The summed E-state index contributed by atoms with van der Waals surface area (Å²) in [4.78, 5) is 30.7. The van der Waals surface area contributed by atoms with Crippen molar-refractivity contribution < 1.29 is 29.3 Å². The summed E-state index contributed by atoms with van der Waals surface area (Å²) in [6.07, 6.45) is 2.17. The number of carbonyl (C=O) groups excluding carboxylic acids is 1. The molecule has 0 aliphatic heterocycles. The molecule has 0 aliphatic rings. The maximum atomic E-state index is 10.3. The smallest absolute Gasteiger partial charge is 0.335 e. The molecule has 0 aromatic heterocycles. The Bertz CT molecular complexity index is 730. The van der Waals surface area contributed by atoms with E-state index in [2.05, 4.69) is 4.74 Å². The van der Waals surface area contributed by atoms with Crippen LogP contribution in [-0.2, 0) is 9.53 Å². The monoisotopic (exact) mass is 369 g/mol. The first kappa shape index (κ1) is 23.1. The molecule has 0 unspecified atom stereocenters. The minimum absolute atomic E-state index is 0.331. The second kappa shape index (κ2) is 14.4. The second-order valence-electron chi connectivity index (χ2n) is 4.56. The summed E-state index contributed by atoms with van der Waals surface area (Å²) in [7, 11) is 0. The van der Waals surface area contributed by atoms with Crippen LogP contribution in [0.25, 0.3) is 0 Å². The minimum Gasteiger partial charge on any atom is -0.478 e. The largest absolute Gasteiger partial charge is 0.478 e. The zero-order valence-corrected chi connectivity index (χ0v) is 14.6. The Kier molecular flexibility index (Phi) is 12.3. The van der Waals surface area contributed by atoms with Crippen molar-refractivity contribution in [3.63, 3.8) is 0 Å². The van der Waals surface area contributed by atoms with Gasteiger partial charge in [0.2, 0.25) is 0 Å². The van der Waals surface area contributed by atoms with Crippen molar-refractivity contribution in [3.8, 4) is 6.07 Å². The number of carboxylic acid groups (broad SMARTS) is 2. The van der Waals surface area contributed by atoms with Gasteiger partial charge in [0.25, 0.3) is 0 Å². The summed E-state index contributed by atoms with van der Waals surface area (Å²) in [6.45, 7) is 2.05. The fourth-order valence-electron chi connectivity index (χ4n) is 1.46. The van der Waals surface area contributed by atoms with E-state index in [9.17, 15) is 14.4 Å². The zero-order valence-electron chi connectivity index (χ0n) is 14.6. The summed E-state index contributed by atoms with van der Waals surface area (Å²) in [5.74, 6) is -2.23. The molecular formula is C20H19NO6. The molecule has 140 valence electrons. The fourth-order valence-corrected chi connectivity index (χ4v) is 1.46. The lowest BCUT2D eigenvalue weighted by Gasteiger charge is -1.91. The van der Waals surface area contributed by atoms with Crippen LogP contribution in [-0.4, -0.2) is 34.7 Å². The summed E-state index contributed by atoms with van der Waals surface area (Å²) < 4.78 is 4.47. The Labute approximate surface area is 156 Å². The van der Waals surface area contributed by atoms with Gasteiger partial charge in [0.1, 0.15) is 0 Å². The maximum Gasteiger partial charge on any atom is 0.335 e. The number of benzene rings is 2. The number of nitriles is 1. The quantitative estimate of drug-likeness (QED) is 0.481. The molecule has 0 spiro atoms. The van der Waals surface area contributed by atoms with Crippen molar-refractivity contribution in [1.29, 1.82) is 5.26 Å². The second-order valence-corrected chi connectivity index (χ2v) is 4.56. The number of carbonyl (C=O) groups is 3. The van der Waals surface area contributed by atoms with Gasteiger partial charge in [-0.05, 0) is 31.2 Å². The molecule has 0 saturated heterocycles. The Morgan fingerprint density at radius 1 is 0.926 bits per heavy atom. The van der Waals surface area contributed by atoms with Gasteiger partial charge in [0, 0.05) is 12.2 Å². The molecule has 0 amide bonds. The Balaban J connectivity index is 0.000000376. The molecule has 7 nitrogen and oxygen atoms in total. The van der Waals surface area contributed by atoms with Gasteiger partial charge in [-0.1, -0.05) is 36.4 Å². The summed E-state index contributed by atoms with van der Waals surface area (Å²) in [6, 6.07) is 18.3. The maximum absolute atomic E-state index is 10.3. The number of esters is 1. The average molecular weight is 369 g/mol. The van der Waals surface area contributed by atoms with Gasteiger partial charge >= 0.3 is 17.9 Å². The lowest BCUT2D eigenvalue weighted by molar-refractivity contribution is -0.137. The van der Waals surface area contributed by atoms with Crippen LogP contribution in [0.1, 0.15) is 27.6 Å². The number of ether oxygens (including phenoxy) is 1. The third-order valence-corrected chi connectivity index (χ3v) is 2.62. The van der Waals surface area contributed by atoms with Crippen molar-refractivity contribution >= 4 is 17.9 Å². The van der Waals surface area contributed by atoms with E-state index in [1.807, 2.05) is 0 Å². The lowest BCUT2D eigenvalue weighted by atomic mass is 10.2. The molecule has 0 bridgehead atoms. The van der Waals surface area contributed by atoms with E-state index in [0.29, 0.717) is 17.7 Å². The predicted molar refractivity (Wildman–Crippen MR) is 98.2 cm³/mol. The van der Waals surface area contributed by atoms with Gasteiger partial charge in [-0.25, -0.2) is 14.4 Å². The first-order chi connectivity index (χ1) is 12.9. The molecule has 2 aromatic carbocycles. The van der Waals surface area contributed by atoms with E-state index >= 15 is 0 Å². The van der Waals surface area contributed by atoms with E-state index < -0.39 is 17.9 Å². The highest BCUT2D eigenvalue weighted by molar-refractivity contribution is 5.87. The van der Waals surface area contributed by atoms with Crippen LogP contribution in [0, 0.1) is 11.3 Å². The summed E-state index contributed by atoms with van der Waals surface area (Å²) >= 11 is 0. The highest BCUT2D eigenvalue weighted by Gasteiger charge is 1.97. The van der Waals surface area contributed by atoms with E-state index in [1.54, 1.807) is 73.7 Å². The SMILES string of the molecule is CCOC(=O)C=CC#N.O=C(O)c1ccccc1.O=C(O)c1ccccc1. The van der Waals surface area contributed by atoms with E-state index in [-0.39, 0.29) is 0 Å². The molecule has 2 N–H and O–H groups in total. The number of hydrogen-bond acceptors (Lipinski definition) is 5. The van der Waals surface area contributed by atoms with E-state index in [1.165, 1.54) is 0 Å². The number of aromatic carboxylic acids is 2. The summed E-state index contributed by atoms with van der Waals surface area (Å²) in [5, 5.41) is 24.7. The first-order valence-electron chi connectivity index (χ1n) is 7.72. The fraction of sp³-hybridized carbons (Fsp3) is 0.100. The van der Waals surface area contributed by atoms with Gasteiger partial charge < -0.3 is 14.9 Å². The van der Waals surface area contributed by atoms with Crippen LogP contribution >= 0.6 is 0 Å². The van der Waals surface area contributed by atoms with Crippen molar-refractivity contribution in [1.82, 2.24) is 0 Å². The molecular weight excluding hydrogens is 350 g/mol. The third-order valence-electron chi connectivity index (χ3n) is 2.62. The van der Waals surface area contributed by atoms with Gasteiger partial charge in [-0.3, -0.25) is 0 Å². The highest BCUT2D eigenvalue weighted by Crippen LogP contribution is 1.96. The zero-order chi connectivity index (χ0) is 20.5. The number of nitrogens with zero attached hydrogens (tertiary/aromatic N) is 1. The topological polar surface area (TPSA) is 125 Å². The van der Waals surface area contributed by atoms with Crippen LogP contribution in [0.15, 0.2) is 72.8 Å². The highest BCUT2D eigenvalue weighted by atomic mass is 16.5. The Morgan fingerprint density at radius 2 is 1.33 bits per heavy atom. The molecule has 0 radical (unpaired) electrons. The van der Waals surface area contributed by atoms with E-state index in [0.717, 1.165) is 12.2 Å². The normalized spacial score (nSPS) is 8.89. The number of allylic oxidation sites excluding steroid dienone is 1. The van der Waals surface area contributed by atoms with Crippen molar-refractivity contribution in [2.75, 3.05) is 6.61 Å². The number of rotatable bonds is 4. The Morgan fingerprint density at radius 3 is 1.59 bits per heavy atom. The van der Waals surface area contributed by atoms with Crippen molar-refractivity contribution in [2.24, 2.45) is 0 Å². The van der Waals surface area contributed by atoms with Gasteiger partial charge in [0.15, 0.2) is 0 Å².